The Balaban J connectivity index is 2.60. The van der Waals surface area contributed by atoms with Crippen molar-refractivity contribution in [3.05, 3.63) is 29.8 Å². The summed E-state index contributed by atoms with van der Waals surface area (Å²) in [7, 11) is 0. The summed E-state index contributed by atoms with van der Waals surface area (Å²) in [6.45, 7) is 7.54. The first-order valence-electron chi connectivity index (χ1n) is 6.60. The zero-order chi connectivity index (χ0) is 15.3. The number of carbonyl (C=O) groups is 2. The Labute approximate surface area is 119 Å². The molecule has 0 unspecified atom stereocenters. The van der Waals surface area contributed by atoms with Gasteiger partial charge in [0.25, 0.3) is 0 Å². The van der Waals surface area contributed by atoms with E-state index in [2.05, 4.69) is 24.5 Å². The molecule has 5 heteroatoms. The first-order chi connectivity index (χ1) is 9.19. The van der Waals surface area contributed by atoms with E-state index in [-0.39, 0.29) is 6.42 Å². The van der Waals surface area contributed by atoms with Crippen LogP contribution in [0.2, 0.25) is 0 Å². The average molecular weight is 278 g/mol. The lowest BCUT2D eigenvalue weighted by atomic mass is 10.0. The van der Waals surface area contributed by atoms with Gasteiger partial charge in [0.15, 0.2) is 0 Å². The minimum Gasteiger partial charge on any atom is -0.481 e. The van der Waals surface area contributed by atoms with Gasteiger partial charge in [-0.05, 0) is 37.5 Å². The number of carbonyl (C=O) groups excluding carboxylic acids is 1. The predicted octanol–water partition coefficient (Wildman–Crippen LogP) is 3.18. The lowest BCUT2D eigenvalue weighted by molar-refractivity contribution is -0.138. The number of urea groups is 1. The van der Waals surface area contributed by atoms with Crippen LogP contribution >= 0.6 is 0 Å². The van der Waals surface area contributed by atoms with Crippen molar-refractivity contribution in [3.8, 4) is 0 Å². The van der Waals surface area contributed by atoms with E-state index in [1.54, 1.807) is 13.8 Å². The van der Waals surface area contributed by atoms with Gasteiger partial charge in [-0.2, -0.15) is 0 Å². The van der Waals surface area contributed by atoms with Crippen molar-refractivity contribution in [2.24, 2.45) is 0 Å². The summed E-state index contributed by atoms with van der Waals surface area (Å²) in [6.07, 6.45) is -0.132. The summed E-state index contributed by atoms with van der Waals surface area (Å²) in [5, 5.41) is 14.1. The van der Waals surface area contributed by atoms with Crippen molar-refractivity contribution in [3.63, 3.8) is 0 Å². The number of aliphatic carboxylic acids is 1. The van der Waals surface area contributed by atoms with Gasteiger partial charge in [-0.15, -0.1) is 0 Å². The zero-order valence-corrected chi connectivity index (χ0v) is 12.4. The quantitative estimate of drug-likeness (QED) is 0.774. The second kappa shape index (κ2) is 6.41. The third kappa shape index (κ3) is 5.30. The molecule has 5 nitrogen and oxygen atoms in total. The first-order valence-corrected chi connectivity index (χ1v) is 6.60. The van der Waals surface area contributed by atoms with Crippen LogP contribution in [0.25, 0.3) is 0 Å². The Hall–Kier alpha value is -2.04. The molecule has 0 aliphatic rings. The molecule has 3 N–H and O–H groups in total. The van der Waals surface area contributed by atoms with Gasteiger partial charge in [0.05, 0.1) is 6.42 Å². The Morgan fingerprint density at radius 3 is 2.20 bits per heavy atom. The number of carboxylic acid groups (broad SMARTS) is 1. The van der Waals surface area contributed by atoms with Gasteiger partial charge in [-0.1, -0.05) is 26.0 Å². The lowest BCUT2D eigenvalue weighted by Crippen LogP contribution is -2.46. The summed E-state index contributed by atoms with van der Waals surface area (Å²) < 4.78 is 0. The number of anilines is 1. The molecule has 0 saturated heterocycles. The molecule has 0 radical (unpaired) electrons. The second-order valence-corrected chi connectivity index (χ2v) is 5.81. The number of amides is 2. The maximum Gasteiger partial charge on any atom is 0.319 e. The molecule has 110 valence electrons. The monoisotopic (exact) mass is 278 g/mol. The molecule has 0 spiro atoms. The highest BCUT2D eigenvalue weighted by Crippen LogP contribution is 2.17. The molecule has 1 aromatic rings. The molecular formula is C15H22N2O3. The molecule has 0 saturated carbocycles. The second-order valence-electron chi connectivity index (χ2n) is 5.81. The van der Waals surface area contributed by atoms with Crippen molar-refractivity contribution in [2.75, 3.05) is 5.32 Å². The van der Waals surface area contributed by atoms with Gasteiger partial charge in [0.1, 0.15) is 0 Å². The largest absolute Gasteiger partial charge is 0.481 e. The Bertz CT molecular complexity index is 478. The minimum atomic E-state index is -0.948. The smallest absolute Gasteiger partial charge is 0.319 e. The highest BCUT2D eigenvalue weighted by atomic mass is 16.4. The highest BCUT2D eigenvalue weighted by Gasteiger charge is 2.23. The number of rotatable bonds is 5. The number of hydrogen-bond donors (Lipinski definition) is 3. The molecule has 0 fully saturated rings. The third-order valence-corrected chi connectivity index (χ3v) is 2.88. The molecule has 1 rings (SSSR count). The molecule has 0 aliphatic heterocycles. The minimum absolute atomic E-state index is 0.132. The maximum absolute atomic E-state index is 11.8. The number of carboxylic acids is 1. The third-order valence-electron chi connectivity index (χ3n) is 2.88. The van der Waals surface area contributed by atoms with E-state index in [0.29, 0.717) is 11.6 Å². The molecule has 0 heterocycles. The van der Waals surface area contributed by atoms with E-state index >= 15 is 0 Å². The first kappa shape index (κ1) is 16.0. The summed E-state index contributed by atoms with van der Waals surface area (Å²) in [5.41, 5.74) is 1.08. The van der Waals surface area contributed by atoms with Gasteiger partial charge in [0, 0.05) is 11.2 Å². The Morgan fingerprint density at radius 1 is 1.20 bits per heavy atom. The zero-order valence-electron chi connectivity index (χ0n) is 12.4. The van der Waals surface area contributed by atoms with E-state index in [9.17, 15) is 9.59 Å². The van der Waals surface area contributed by atoms with Gasteiger partial charge in [-0.25, -0.2) is 4.79 Å². The molecule has 0 atom stereocenters. The number of hydrogen-bond acceptors (Lipinski definition) is 2. The summed E-state index contributed by atoms with van der Waals surface area (Å²) in [5.74, 6) is -0.510. The molecule has 0 aliphatic carbocycles. The average Bonchev–Trinajstić information content (AvgIpc) is 2.26. The van der Waals surface area contributed by atoms with Gasteiger partial charge < -0.3 is 15.7 Å². The van der Waals surface area contributed by atoms with Crippen LogP contribution in [-0.2, 0) is 4.79 Å². The van der Waals surface area contributed by atoms with Crippen LogP contribution in [0.3, 0.4) is 0 Å². The summed E-state index contributed by atoms with van der Waals surface area (Å²) >= 11 is 0. The Kier molecular flexibility index (Phi) is 5.13. The fourth-order valence-corrected chi connectivity index (χ4v) is 1.84. The van der Waals surface area contributed by atoms with Crippen LogP contribution in [0.5, 0.6) is 0 Å². The highest BCUT2D eigenvalue weighted by molar-refractivity contribution is 5.90. The molecule has 0 aromatic heterocycles. The van der Waals surface area contributed by atoms with Crippen LogP contribution < -0.4 is 10.6 Å². The Morgan fingerprint density at radius 2 is 1.75 bits per heavy atom. The SMILES string of the molecule is CC(C)c1ccc(NC(=O)NC(C)(C)CC(=O)O)cc1. The molecule has 2 amide bonds. The molecule has 0 bridgehead atoms. The van der Waals surface area contributed by atoms with Crippen LogP contribution in [0.4, 0.5) is 10.5 Å². The predicted molar refractivity (Wildman–Crippen MR) is 79.0 cm³/mol. The topological polar surface area (TPSA) is 78.4 Å². The maximum atomic E-state index is 11.8. The van der Waals surface area contributed by atoms with Crippen LogP contribution in [0, 0.1) is 0 Å². The standard InChI is InChI=1S/C15H22N2O3/c1-10(2)11-5-7-12(8-6-11)16-14(20)17-15(3,4)9-13(18)19/h5-8,10H,9H2,1-4H3,(H,18,19)(H2,16,17,20). The fraction of sp³-hybridized carbons (Fsp3) is 0.467. The van der Waals surface area contributed by atoms with Crippen molar-refractivity contribution >= 4 is 17.7 Å². The lowest BCUT2D eigenvalue weighted by Gasteiger charge is -2.24. The van der Waals surface area contributed by atoms with E-state index < -0.39 is 17.5 Å². The van der Waals surface area contributed by atoms with Gasteiger partial charge in [0.2, 0.25) is 0 Å². The van der Waals surface area contributed by atoms with Crippen molar-refractivity contribution in [1.82, 2.24) is 5.32 Å². The van der Waals surface area contributed by atoms with E-state index in [1.165, 1.54) is 5.56 Å². The normalized spacial score (nSPS) is 11.2. The summed E-state index contributed by atoms with van der Waals surface area (Å²) in [6, 6.07) is 7.18. The van der Waals surface area contributed by atoms with Gasteiger partial charge >= 0.3 is 12.0 Å². The van der Waals surface area contributed by atoms with Crippen molar-refractivity contribution in [2.45, 2.75) is 45.6 Å². The van der Waals surface area contributed by atoms with Crippen LogP contribution in [0.15, 0.2) is 24.3 Å². The summed E-state index contributed by atoms with van der Waals surface area (Å²) in [4.78, 5) is 22.5. The van der Waals surface area contributed by atoms with E-state index in [4.69, 9.17) is 5.11 Å². The molecule has 1 aromatic carbocycles. The molecule has 20 heavy (non-hydrogen) atoms. The van der Waals surface area contributed by atoms with Crippen LogP contribution in [0.1, 0.15) is 45.6 Å². The van der Waals surface area contributed by atoms with Crippen LogP contribution in [-0.4, -0.2) is 22.6 Å². The van der Waals surface area contributed by atoms with Gasteiger partial charge in [-0.3, -0.25) is 4.79 Å². The van der Waals surface area contributed by atoms with Crippen molar-refractivity contribution < 1.29 is 14.7 Å². The molecular weight excluding hydrogens is 256 g/mol. The fourth-order valence-electron chi connectivity index (χ4n) is 1.84. The van der Waals surface area contributed by atoms with Crippen molar-refractivity contribution in [1.29, 1.82) is 0 Å². The van der Waals surface area contributed by atoms with E-state index in [0.717, 1.165) is 0 Å². The number of benzene rings is 1. The number of nitrogens with one attached hydrogen (secondary N) is 2. The van der Waals surface area contributed by atoms with E-state index in [1.807, 2.05) is 24.3 Å².